The molecular weight excluding hydrogens is 240 g/mol. The molecule has 4 rings (SSSR count). The Morgan fingerprint density at radius 2 is 1.74 bits per heavy atom. The average molecular weight is 258 g/mol. The summed E-state index contributed by atoms with van der Waals surface area (Å²) in [6.07, 6.45) is 0.707. The summed E-state index contributed by atoms with van der Waals surface area (Å²) >= 11 is 0. The van der Waals surface area contributed by atoms with E-state index < -0.39 is 5.92 Å². The number of fused-ring (bicyclic) bond motifs is 2. The summed E-state index contributed by atoms with van der Waals surface area (Å²) in [5.74, 6) is -0.509. The van der Waals surface area contributed by atoms with Crippen LogP contribution in [0.4, 0.5) is 0 Å². The maximum Gasteiger partial charge on any atom is 0.151 e. The van der Waals surface area contributed by atoms with Crippen LogP contribution in [-0.4, -0.2) is 16.7 Å². The second-order valence-electron chi connectivity index (χ2n) is 6.44. The molecule has 0 aromatic heterocycles. The predicted octanol–water partition coefficient (Wildman–Crippen LogP) is 2.60. The average Bonchev–Trinajstić information content (AvgIpc) is 2.32. The van der Waals surface area contributed by atoms with Gasteiger partial charge in [0.05, 0.1) is 0 Å². The van der Waals surface area contributed by atoms with Gasteiger partial charge in [0, 0.05) is 11.8 Å². The lowest BCUT2D eigenvalue weighted by atomic mass is 9.45. The molecule has 0 saturated heterocycles. The smallest absolute Gasteiger partial charge is 0.151 e. The first kappa shape index (κ1) is 12.4. The number of aromatic hydroxyl groups is 1. The van der Waals surface area contributed by atoms with Crippen LogP contribution in [0.15, 0.2) is 18.2 Å². The maximum atomic E-state index is 12.6. The van der Waals surface area contributed by atoms with Crippen molar-refractivity contribution in [1.82, 2.24) is 0 Å². The van der Waals surface area contributed by atoms with Crippen molar-refractivity contribution in [1.29, 1.82) is 0 Å². The number of phenolic OH excluding ortho intramolecular Hbond substituents is 1. The number of hydrogen-bond acceptors (Lipinski definition) is 3. The molecule has 3 aliphatic carbocycles. The van der Waals surface area contributed by atoms with Gasteiger partial charge in [0.15, 0.2) is 11.6 Å². The fraction of sp³-hybridized carbons (Fsp3) is 0.500. The number of phenols is 1. The molecule has 0 heterocycles. The molecule has 3 aliphatic rings. The number of hydrogen-bond donors (Lipinski definition) is 1. The zero-order valence-electron chi connectivity index (χ0n) is 11.4. The van der Waals surface area contributed by atoms with E-state index in [2.05, 4.69) is 0 Å². The number of ketones is 2. The Morgan fingerprint density at radius 1 is 1.16 bits per heavy atom. The topological polar surface area (TPSA) is 54.4 Å². The van der Waals surface area contributed by atoms with E-state index in [-0.39, 0.29) is 34.6 Å². The number of aryl methyl sites for hydroxylation is 1. The molecule has 0 aliphatic heterocycles. The summed E-state index contributed by atoms with van der Waals surface area (Å²) in [4.78, 5) is 25.1. The highest BCUT2D eigenvalue weighted by Gasteiger charge is 2.62. The van der Waals surface area contributed by atoms with Gasteiger partial charge >= 0.3 is 0 Å². The van der Waals surface area contributed by atoms with Gasteiger partial charge in [-0.25, -0.2) is 0 Å². The van der Waals surface area contributed by atoms with Crippen molar-refractivity contribution in [2.24, 2.45) is 17.3 Å². The van der Waals surface area contributed by atoms with Crippen molar-refractivity contribution < 1.29 is 14.7 Å². The lowest BCUT2D eigenvalue weighted by Gasteiger charge is -2.56. The first-order valence-electron chi connectivity index (χ1n) is 6.71. The summed E-state index contributed by atoms with van der Waals surface area (Å²) in [5.41, 5.74) is 1.39. The fourth-order valence-corrected chi connectivity index (χ4v) is 3.68. The third-order valence-electron chi connectivity index (χ3n) is 5.10. The molecule has 1 N–H and O–H groups in total. The zero-order chi connectivity index (χ0) is 13.9. The van der Waals surface area contributed by atoms with Crippen molar-refractivity contribution in [3.05, 3.63) is 29.3 Å². The summed E-state index contributed by atoms with van der Waals surface area (Å²) in [6.45, 7) is 5.89. The molecule has 3 fully saturated rings. The standard InChI is InChI=1S/C16H18O3/c1-8-4-5-9(17)6-10(8)13-14(18)11-7-12(15(13)19)16(11,2)3/h4-6,11-13,17H,7H2,1-3H3. The van der Waals surface area contributed by atoms with E-state index in [9.17, 15) is 14.7 Å². The molecule has 0 spiro atoms. The van der Waals surface area contributed by atoms with Crippen LogP contribution in [-0.2, 0) is 9.59 Å². The van der Waals surface area contributed by atoms with E-state index in [4.69, 9.17) is 0 Å². The summed E-state index contributed by atoms with van der Waals surface area (Å²) in [6, 6.07) is 4.91. The quantitative estimate of drug-likeness (QED) is 0.788. The first-order valence-corrected chi connectivity index (χ1v) is 6.71. The minimum atomic E-state index is -0.663. The normalized spacial score (nSPS) is 32.1. The van der Waals surface area contributed by atoms with E-state index in [0.29, 0.717) is 12.0 Å². The van der Waals surface area contributed by atoms with Crippen LogP contribution in [0.1, 0.15) is 37.3 Å². The molecule has 19 heavy (non-hydrogen) atoms. The number of rotatable bonds is 1. The fourth-order valence-electron chi connectivity index (χ4n) is 3.68. The van der Waals surface area contributed by atoms with Crippen molar-refractivity contribution in [3.63, 3.8) is 0 Å². The maximum absolute atomic E-state index is 12.6. The number of benzene rings is 1. The van der Waals surface area contributed by atoms with Gasteiger partial charge in [-0.1, -0.05) is 19.9 Å². The second kappa shape index (κ2) is 3.69. The number of Topliss-reactive ketones (excluding diaryl/α,β-unsaturated/α-hetero) is 2. The van der Waals surface area contributed by atoms with Gasteiger partial charge in [0.25, 0.3) is 0 Å². The Hall–Kier alpha value is -1.64. The van der Waals surface area contributed by atoms with Crippen molar-refractivity contribution in [2.45, 2.75) is 33.1 Å². The third-order valence-corrected chi connectivity index (χ3v) is 5.10. The minimum Gasteiger partial charge on any atom is -0.508 e. The second-order valence-corrected chi connectivity index (χ2v) is 6.44. The van der Waals surface area contributed by atoms with Gasteiger partial charge in [-0.3, -0.25) is 9.59 Å². The van der Waals surface area contributed by atoms with Gasteiger partial charge < -0.3 is 5.11 Å². The lowest BCUT2D eigenvalue weighted by molar-refractivity contribution is -0.163. The molecule has 100 valence electrons. The Morgan fingerprint density at radius 3 is 2.26 bits per heavy atom. The van der Waals surface area contributed by atoms with Gasteiger partial charge in [0.1, 0.15) is 11.7 Å². The molecule has 3 heteroatoms. The van der Waals surface area contributed by atoms with E-state index in [1.54, 1.807) is 18.2 Å². The highest BCUT2D eigenvalue weighted by atomic mass is 16.3. The zero-order valence-corrected chi connectivity index (χ0v) is 11.4. The Balaban J connectivity index is 2.06. The van der Waals surface area contributed by atoms with Gasteiger partial charge in [-0.05, 0) is 42.0 Å². The largest absolute Gasteiger partial charge is 0.508 e. The molecule has 1 aromatic rings. The van der Waals surface area contributed by atoms with Crippen LogP contribution < -0.4 is 0 Å². The molecule has 2 unspecified atom stereocenters. The highest BCUT2D eigenvalue weighted by molar-refractivity contribution is 6.14. The van der Waals surface area contributed by atoms with Crippen molar-refractivity contribution in [3.8, 4) is 5.75 Å². The number of carbonyl (C=O) groups is 2. The van der Waals surface area contributed by atoms with Crippen LogP contribution in [0.3, 0.4) is 0 Å². The molecule has 0 radical (unpaired) electrons. The van der Waals surface area contributed by atoms with Gasteiger partial charge in [-0.15, -0.1) is 0 Å². The van der Waals surface area contributed by atoms with E-state index in [0.717, 1.165) is 5.56 Å². The van der Waals surface area contributed by atoms with E-state index >= 15 is 0 Å². The summed E-state index contributed by atoms with van der Waals surface area (Å²) in [5, 5.41) is 9.60. The summed E-state index contributed by atoms with van der Waals surface area (Å²) < 4.78 is 0. The van der Waals surface area contributed by atoms with Crippen molar-refractivity contribution >= 4 is 11.6 Å². The van der Waals surface area contributed by atoms with Crippen LogP contribution >= 0.6 is 0 Å². The van der Waals surface area contributed by atoms with Crippen molar-refractivity contribution in [2.75, 3.05) is 0 Å². The molecule has 2 atom stereocenters. The molecular formula is C16H18O3. The minimum absolute atomic E-state index is 0.0121. The molecule has 1 aromatic carbocycles. The van der Waals surface area contributed by atoms with Gasteiger partial charge in [0.2, 0.25) is 0 Å². The molecule has 3 nitrogen and oxygen atoms in total. The highest BCUT2D eigenvalue weighted by Crippen LogP contribution is 2.59. The van der Waals surface area contributed by atoms with Crippen LogP contribution in [0, 0.1) is 24.2 Å². The summed E-state index contributed by atoms with van der Waals surface area (Å²) in [7, 11) is 0. The Labute approximate surface area is 112 Å². The van der Waals surface area contributed by atoms with Crippen LogP contribution in [0.25, 0.3) is 0 Å². The predicted molar refractivity (Wildman–Crippen MR) is 71.0 cm³/mol. The van der Waals surface area contributed by atoms with E-state index in [1.807, 2.05) is 20.8 Å². The van der Waals surface area contributed by atoms with Crippen LogP contribution in [0.5, 0.6) is 5.75 Å². The molecule has 3 saturated carbocycles. The Kier molecular flexibility index (Phi) is 2.40. The lowest BCUT2D eigenvalue weighted by Crippen LogP contribution is -2.60. The molecule has 0 amide bonds. The number of carbonyl (C=O) groups excluding carboxylic acids is 2. The third kappa shape index (κ3) is 1.50. The van der Waals surface area contributed by atoms with Gasteiger partial charge in [-0.2, -0.15) is 0 Å². The Bertz CT molecular complexity index is 562. The van der Waals surface area contributed by atoms with E-state index in [1.165, 1.54) is 0 Å². The monoisotopic (exact) mass is 258 g/mol. The SMILES string of the molecule is Cc1ccc(O)cc1C1C(=O)C2CC(C1=O)C2(C)C. The molecule has 2 bridgehead atoms. The van der Waals surface area contributed by atoms with Crippen LogP contribution in [0.2, 0.25) is 0 Å². The first-order chi connectivity index (χ1) is 8.84.